The summed E-state index contributed by atoms with van der Waals surface area (Å²) in [5.41, 5.74) is 0. The average Bonchev–Trinajstić information content (AvgIpc) is 2.99. The number of hydrogen-bond donors (Lipinski definition) is 2. The Balaban J connectivity index is 3.08. The number of hydrogen-bond acceptors (Lipinski definition) is 12. The van der Waals surface area contributed by atoms with E-state index in [1.54, 1.807) is 0 Å². The van der Waals surface area contributed by atoms with E-state index in [1.807, 2.05) is 0 Å². The lowest BCUT2D eigenvalue weighted by Gasteiger charge is -2.09. The van der Waals surface area contributed by atoms with E-state index < -0.39 is 18.5 Å². The van der Waals surface area contributed by atoms with Gasteiger partial charge in [-0.3, -0.25) is 4.79 Å². The van der Waals surface area contributed by atoms with Crippen LogP contribution in [0.3, 0.4) is 0 Å². The highest BCUT2D eigenvalue weighted by atomic mass is 127. The lowest BCUT2D eigenvalue weighted by Crippen LogP contribution is -2.31. The van der Waals surface area contributed by atoms with Gasteiger partial charge in [0, 0.05) is 13.2 Å². The standard InChI is InChI=1S/C28H54INO13/c29-5-3-1-2-4-7-34-9-11-36-13-15-38-17-19-40-21-23-42-24-22-41-20-18-39-16-14-37-12-10-35-8-6-30-27(31)25-43-26-28(32)33/h1-26H2,(H,30,31)(H,32,33). The summed E-state index contributed by atoms with van der Waals surface area (Å²) in [7, 11) is 0. The average molecular weight is 740 g/mol. The SMILES string of the molecule is O=C(O)COCC(=O)NCCOCCOCCOCCOCCOCCOCCOCCOCCOCCCCCCI. The van der Waals surface area contributed by atoms with Crippen LogP contribution in [0.1, 0.15) is 25.7 Å². The van der Waals surface area contributed by atoms with Crippen molar-refractivity contribution < 1.29 is 62.1 Å². The molecular formula is C28H54INO13. The van der Waals surface area contributed by atoms with Crippen LogP contribution in [0.2, 0.25) is 0 Å². The number of aliphatic carboxylic acids is 1. The molecule has 43 heavy (non-hydrogen) atoms. The van der Waals surface area contributed by atoms with Crippen LogP contribution in [0, 0.1) is 0 Å². The summed E-state index contributed by atoms with van der Waals surface area (Å²) in [6.07, 6.45) is 4.95. The van der Waals surface area contributed by atoms with Crippen molar-refractivity contribution in [1.82, 2.24) is 5.32 Å². The van der Waals surface area contributed by atoms with Crippen molar-refractivity contribution in [2.75, 3.05) is 143 Å². The molecule has 0 rings (SSSR count). The second-order valence-corrected chi connectivity index (χ2v) is 9.93. The van der Waals surface area contributed by atoms with Crippen molar-refractivity contribution >= 4 is 34.5 Å². The van der Waals surface area contributed by atoms with Crippen LogP contribution in [-0.4, -0.2) is 160 Å². The third kappa shape index (κ3) is 39.2. The van der Waals surface area contributed by atoms with Crippen LogP contribution in [0.5, 0.6) is 0 Å². The highest BCUT2D eigenvalue weighted by Crippen LogP contribution is 2.02. The summed E-state index contributed by atoms with van der Waals surface area (Å²) in [4.78, 5) is 21.6. The first-order valence-corrected chi connectivity index (χ1v) is 16.5. The topological polar surface area (TPSA) is 159 Å². The molecule has 0 atom stereocenters. The molecule has 0 bridgehead atoms. The molecule has 0 unspecified atom stereocenters. The maximum Gasteiger partial charge on any atom is 0.329 e. The first-order valence-electron chi connectivity index (χ1n) is 15.0. The smallest absolute Gasteiger partial charge is 0.329 e. The van der Waals surface area contributed by atoms with Crippen molar-refractivity contribution in [1.29, 1.82) is 0 Å². The van der Waals surface area contributed by atoms with Crippen LogP contribution in [0.4, 0.5) is 0 Å². The Labute approximate surface area is 270 Å². The van der Waals surface area contributed by atoms with Gasteiger partial charge in [0.15, 0.2) is 0 Å². The van der Waals surface area contributed by atoms with E-state index in [-0.39, 0.29) is 6.61 Å². The number of ether oxygens (including phenoxy) is 10. The van der Waals surface area contributed by atoms with E-state index in [0.29, 0.717) is 119 Å². The normalized spacial score (nSPS) is 11.3. The molecule has 0 aromatic rings. The highest BCUT2D eigenvalue weighted by Gasteiger charge is 2.03. The van der Waals surface area contributed by atoms with E-state index in [1.165, 1.54) is 23.7 Å². The van der Waals surface area contributed by atoms with E-state index in [9.17, 15) is 9.59 Å². The van der Waals surface area contributed by atoms with Gasteiger partial charge in [0.1, 0.15) is 13.2 Å². The maximum atomic E-state index is 11.3. The Bertz CT molecular complexity index is 593. The molecule has 0 aromatic carbocycles. The van der Waals surface area contributed by atoms with E-state index in [0.717, 1.165) is 13.0 Å². The zero-order chi connectivity index (χ0) is 31.3. The number of amides is 1. The predicted octanol–water partition coefficient (Wildman–Crippen LogP) is 1.35. The fourth-order valence-electron chi connectivity index (χ4n) is 3.06. The van der Waals surface area contributed by atoms with Crippen LogP contribution in [-0.2, 0) is 57.0 Å². The number of carboxylic acids is 1. The van der Waals surface area contributed by atoms with Gasteiger partial charge in [0.05, 0.1) is 112 Å². The second-order valence-electron chi connectivity index (χ2n) is 8.85. The highest BCUT2D eigenvalue weighted by molar-refractivity contribution is 14.1. The van der Waals surface area contributed by atoms with E-state index >= 15 is 0 Å². The van der Waals surface area contributed by atoms with Gasteiger partial charge in [-0.25, -0.2) is 4.79 Å². The minimum absolute atomic E-state index is 0.297. The molecule has 0 saturated carbocycles. The number of rotatable bonds is 37. The van der Waals surface area contributed by atoms with Crippen molar-refractivity contribution in [3.63, 3.8) is 0 Å². The summed E-state index contributed by atoms with van der Waals surface area (Å²) in [5, 5.41) is 11.0. The van der Waals surface area contributed by atoms with Crippen LogP contribution < -0.4 is 5.32 Å². The molecule has 0 aliphatic heterocycles. The number of carbonyl (C=O) groups is 2. The number of nitrogens with one attached hydrogen (secondary N) is 1. The predicted molar refractivity (Wildman–Crippen MR) is 166 cm³/mol. The van der Waals surface area contributed by atoms with Gasteiger partial charge >= 0.3 is 5.97 Å². The van der Waals surface area contributed by atoms with Gasteiger partial charge in [-0.15, -0.1) is 0 Å². The monoisotopic (exact) mass is 739 g/mol. The van der Waals surface area contributed by atoms with Gasteiger partial charge in [0.2, 0.25) is 5.91 Å². The van der Waals surface area contributed by atoms with Gasteiger partial charge in [-0.2, -0.15) is 0 Å². The second kappa shape index (κ2) is 37.5. The fourth-order valence-corrected chi connectivity index (χ4v) is 3.60. The summed E-state index contributed by atoms with van der Waals surface area (Å²) in [6.45, 7) is 8.63. The molecule has 0 radical (unpaired) electrons. The Morgan fingerprint density at radius 1 is 0.442 bits per heavy atom. The molecule has 0 fully saturated rings. The molecule has 1 amide bonds. The van der Waals surface area contributed by atoms with Gasteiger partial charge in [-0.05, 0) is 17.3 Å². The third-order valence-electron chi connectivity index (χ3n) is 5.18. The molecule has 2 N–H and O–H groups in total. The number of alkyl halides is 1. The van der Waals surface area contributed by atoms with Gasteiger partial charge < -0.3 is 57.8 Å². The fraction of sp³-hybridized carbons (Fsp3) is 0.929. The number of unbranched alkanes of at least 4 members (excludes halogenated alkanes) is 3. The largest absolute Gasteiger partial charge is 0.480 e. The lowest BCUT2D eigenvalue weighted by atomic mass is 10.2. The van der Waals surface area contributed by atoms with Gasteiger partial charge in [0.25, 0.3) is 0 Å². The summed E-state index contributed by atoms with van der Waals surface area (Å²) in [5.74, 6) is -1.51. The molecule has 0 saturated heterocycles. The summed E-state index contributed by atoms with van der Waals surface area (Å²) >= 11 is 2.41. The minimum Gasteiger partial charge on any atom is -0.480 e. The summed E-state index contributed by atoms with van der Waals surface area (Å²) < 4.78 is 54.9. The maximum absolute atomic E-state index is 11.3. The number of carbonyl (C=O) groups excluding carboxylic acids is 1. The van der Waals surface area contributed by atoms with Gasteiger partial charge in [-0.1, -0.05) is 35.4 Å². The molecule has 0 spiro atoms. The lowest BCUT2D eigenvalue weighted by molar-refractivity contribution is -0.143. The molecule has 0 heterocycles. The molecular weight excluding hydrogens is 685 g/mol. The van der Waals surface area contributed by atoms with Crippen LogP contribution in [0.15, 0.2) is 0 Å². The first kappa shape index (κ1) is 42.3. The van der Waals surface area contributed by atoms with Crippen molar-refractivity contribution in [3.8, 4) is 0 Å². The molecule has 0 aromatic heterocycles. The van der Waals surface area contributed by atoms with Crippen molar-refractivity contribution in [3.05, 3.63) is 0 Å². The van der Waals surface area contributed by atoms with Crippen LogP contribution in [0.25, 0.3) is 0 Å². The Morgan fingerprint density at radius 3 is 1.16 bits per heavy atom. The van der Waals surface area contributed by atoms with Crippen LogP contribution >= 0.6 is 22.6 Å². The number of halogens is 1. The molecule has 0 aliphatic carbocycles. The summed E-state index contributed by atoms with van der Waals surface area (Å²) in [6, 6.07) is 0. The van der Waals surface area contributed by atoms with Crippen molar-refractivity contribution in [2.45, 2.75) is 25.7 Å². The minimum atomic E-state index is -1.12. The quantitative estimate of drug-likeness (QED) is 0.0535. The zero-order valence-electron chi connectivity index (χ0n) is 25.6. The van der Waals surface area contributed by atoms with Crippen molar-refractivity contribution in [2.24, 2.45) is 0 Å². The molecule has 14 nitrogen and oxygen atoms in total. The Morgan fingerprint density at radius 2 is 0.791 bits per heavy atom. The zero-order valence-corrected chi connectivity index (χ0v) is 27.8. The molecule has 15 heteroatoms. The first-order chi connectivity index (χ1) is 21.2. The number of carboxylic acid groups (broad SMARTS) is 1. The van der Waals surface area contributed by atoms with E-state index in [2.05, 4.69) is 32.6 Å². The Kier molecular flexibility index (Phi) is 36.8. The molecule has 256 valence electrons. The van der Waals surface area contributed by atoms with E-state index in [4.69, 9.17) is 47.7 Å². The third-order valence-corrected chi connectivity index (χ3v) is 5.94. The Hall–Kier alpha value is -0.730. The molecule has 0 aliphatic rings.